The molecule has 0 aromatic carbocycles. The molecule has 9 N–H and O–H groups in total. The second kappa shape index (κ2) is 8.28. The minimum Gasteiger partial charge on any atom is -0.480 e. The predicted molar refractivity (Wildman–Crippen MR) is 86.8 cm³/mol. The zero-order valence-corrected chi connectivity index (χ0v) is 14.3. The van der Waals surface area contributed by atoms with E-state index in [9.17, 15) is 19.5 Å². The van der Waals surface area contributed by atoms with Crippen molar-refractivity contribution in [3.8, 4) is 0 Å². The monoisotopic (exact) mass is 386 g/mol. The number of hydrogen-bond acceptors (Lipinski definition) is 9. The lowest BCUT2D eigenvalue weighted by atomic mass is 9.75. The number of nitrogens with zero attached hydrogens (tertiary/aromatic N) is 2. The summed E-state index contributed by atoms with van der Waals surface area (Å²) in [5.74, 6) is -2.02. The third kappa shape index (κ3) is 5.12. The second-order valence-corrected chi connectivity index (χ2v) is 6.41. The Balaban J connectivity index is 2.10. The number of aliphatic carboxylic acids is 1. The molecule has 0 radical (unpaired) electrons. The molecule has 1 saturated carbocycles. The molecule has 1 aromatic rings. The van der Waals surface area contributed by atoms with Crippen molar-refractivity contribution in [2.75, 3.05) is 6.61 Å². The van der Waals surface area contributed by atoms with Crippen molar-refractivity contribution in [3.63, 3.8) is 0 Å². The average molecular weight is 386 g/mol. The van der Waals surface area contributed by atoms with Gasteiger partial charge in [0.05, 0.1) is 18.2 Å². The van der Waals surface area contributed by atoms with Crippen LogP contribution in [0.4, 0.5) is 4.79 Å². The fraction of sp³-hybridized carbons (Fsp3) is 0.643. The third-order valence-corrected chi connectivity index (χ3v) is 4.14. The standard InChI is InChI=1S/C14H22N6O7/c15-9(23)2-1-7(17-13(26)18-8(5-21)11(24)25)10-19-20-12(27-10)14(16)3-6(22)4-14/h6-8,21-22H,1-5,16H2,(H2,15,23)(H,24,25)(H2,17,18,26)/t6?,7-,8?,14?/m0/s1. The summed E-state index contributed by atoms with van der Waals surface area (Å²) in [5, 5.41) is 39.3. The van der Waals surface area contributed by atoms with Gasteiger partial charge in [-0.25, -0.2) is 9.59 Å². The van der Waals surface area contributed by atoms with Gasteiger partial charge in [-0.2, -0.15) is 0 Å². The Bertz CT molecular complexity index is 702. The molecule has 1 aromatic heterocycles. The number of carbonyl (C=O) groups is 3. The SMILES string of the molecule is NC(=O)CC[C@H](NC(=O)NC(CO)C(=O)O)c1nnc(C2(N)CC(O)C2)o1. The number of nitrogens with one attached hydrogen (secondary N) is 2. The van der Waals surface area contributed by atoms with Crippen LogP contribution in [0.15, 0.2) is 4.42 Å². The van der Waals surface area contributed by atoms with Gasteiger partial charge in [-0.3, -0.25) is 4.79 Å². The minimum atomic E-state index is -1.51. The van der Waals surface area contributed by atoms with E-state index in [-0.39, 0.29) is 37.5 Å². The van der Waals surface area contributed by atoms with Crippen molar-refractivity contribution in [2.24, 2.45) is 11.5 Å². The lowest BCUT2D eigenvalue weighted by Crippen LogP contribution is -2.51. The Labute approximate surface area is 153 Å². The molecule has 27 heavy (non-hydrogen) atoms. The van der Waals surface area contributed by atoms with E-state index >= 15 is 0 Å². The number of aromatic nitrogens is 2. The topological polar surface area (TPSA) is 227 Å². The summed E-state index contributed by atoms with van der Waals surface area (Å²) in [6, 6.07) is -3.38. The lowest BCUT2D eigenvalue weighted by Gasteiger charge is -2.38. The number of nitrogens with two attached hydrogens (primary N) is 2. The van der Waals surface area contributed by atoms with Crippen LogP contribution in [-0.2, 0) is 15.1 Å². The summed E-state index contributed by atoms with van der Waals surface area (Å²) in [7, 11) is 0. The Morgan fingerprint density at radius 2 is 1.96 bits per heavy atom. The molecule has 0 saturated heterocycles. The number of aliphatic hydroxyl groups excluding tert-OH is 2. The van der Waals surface area contributed by atoms with Crippen LogP contribution < -0.4 is 22.1 Å². The molecule has 13 nitrogen and oxygen atoms in total. The number of carboxylic acid groups (broad SMARTS) is 1. The largest absolute Gasteiger partial charge is 0.480 e. The van der Waals surface area contributed by atoms with Gasteiger partial charge >= 0.3 is 12.0 Å². The summed E-state index contributed by atoms with van der Waals surface area (Å²) < 4.78 is 5.49. The van der Waals surface area contributed by atoms with E-state index in [0.717, 1.165) is 0 Å². The van der Waals surface area contributed by atoms with E-state index in [1.165, 1.54) is 0 Å². The summed E-state index contributed by atoms with van der Waals surface area (Å²) in [4.78, 5) is 33.9. The number of aliphatic hydroxyl groups is 2. The van der Waals surface area contributed by atoms with Crippen molar-refractivity contribution >= 4 is 17.9 Å². The van der Waals surface area contributed by atoms with Crippen LogP contribution in [0.1, 0.15) is 43.5 Å². The molecule has 0 bridgehead atoms. The van der Waals surface area contributed by atoms with Crippen molar-refractivity contribution in [2.45, 2.75) is 49.4 Å². The molecule has 1 fully saturated rings. The summed E-state index contributed by atoms with van der Waals surface area (Å²) in [6.07, 6.45) is -0.179. The maximum atomic E-state index is 12.0. The van der Waals surface area contributed by atoms with Gasteiger partial charge in [0.15, 0.2) is 6.04 Å². The van der Waals surface area contributed by atoms with Crippen molar-refractivity contribution < 1.29 is 34.1 Å². The molecule has 2 rings (SSSR count). The van der Waals surface area contributed by atoms with Crippen LogP contribution in [0.25, 0.3) is 0 Å². The number of hydrogen-bond donors (Lipinski definition) is 7. The lowest BCUT2D eigenvalue weighted by molar-refractivity contribution is -0.140. The summed E-state index contributed by atoms with van der Waals surface area (Å²) >= 11 is 0. The van der Waals surface area contributed by atoms with E-state index in [2.05, 4.69) is 20.8 Å². The van der Waals surface area contributed by atoms with Gasteiger partial charge in [0.2, 0.25) is 17.7 Å². The smallest absolute Gasteiger partial charge is 0.328 e. The molecule has 1 aliphatic rings. The Hall–Kier alpha value is -2.77. The summed E-state index contributed by atoms with van der Waals surface area (Å²) in [5.41, 5.74) is 10.2. The van der Waals surface area contributed by atoms with Gasteiger partial charge in [-0.15, -0.1) is 10.2 Å². The highest BCUT2D eigenvalue weighted by atomic mass is 16.4. The fourth-order valence-electron chi connectivity index (χ4n) is 2.62. The Kier molecular flexibility index (Phi) is 6.30. The van der Waals surface area contributed by atoms with Crippen molar-refractivity contribution in [1.29, 1.82) is 0 Å². The molecule has 1 aliphatic carbocycles. The first-order valence-corrected chi connectivity index (χ1v) is 8.14. The molecule has 150 valence electrons. The van der Waals surface area contributed by atoms with E-state index in [0.29, 0.717) is 0 Å². The van der Waals surface area contributed by atoms with Crippen molar-refractivity contribution in [1.82, 2.24) is 20.8 Å². The quantitative estimate of drug-likeness (QED) is 0.234. The number of carbonyl (C=O) groups excluding carboxylic acids is 2. The maximum absolute atomic E-state index is 12.0. The zero-order valence-electron chi connectivity index (χ0n) is 14.3. The van der Waals surface area contributed by atoms with Crippen molar-refractivity contribution in [3.05, 3.63) is 11.8 Å². The molecule has 3 amide bonds. The normalized spacial score (nSPS) is 23.7. The molecular formula is C14H22N6O7. The molecule has 0 aliphatic heterocycles. The molecule has 1 unspecified atom stereocenters. The van der Waals surface area contributed by atoms with Crippen LogP contribution in [-0.4, -0.2) is 62.2 Å². The molecular weight excluding hydrogens is 364 g/mol. The average Bonchev–Trinajstić information content (AvgIpc) is 3.05. The maximum Gasteiger partial charge on any atom is 0.328 e. The third-order valence-electron chi connectivity index (χ3n) is 4.14. The second-order valence-electron chi connectivity index (χ2n) is 6.41. The Morgan fingerprint density at radius 3 is 2.48 bits per heavy atom. The van der Waals surface area contributed by atoms with Gasteiger partial charge < -0.3 is 41.8 Å². The number of urea groups is 1. The number of amides is 3. The number of carboxylic acids is 1. The highest BCUT2D eigenvalue weighted by molar-refractivity contribution is 5.82. The van der Waals surface area contributed by atoms with E-state index < -0.39 is 48.2 Å². The van der Waals surface area contributed by atoms with Gasteiger partial charge in [0.1, 0.15) is 6.04 Å². The van der Waals surface area contributed by atoms with E-state index in [4.69, 9.17) is 26.1 Å². The highest BCUT2D eigenvalue weighted by Gasteiger charge is 2.46. The molecule has 2 atom stereocenters. The van der Waals surface area contributed by atoms with Crippen LogP contribution in [0, 0.1) is 0 Å². The fourth-order valence-corrected chi connectivity index (χ4v) is 2.62. The molecule has 0 spiro atoms. The van der Waals surface area contributed by atoms with Gasteiger partial charge in [0, 0.05) is 19.3 Å². The zero-order chi connectivity index (χ0) is 20.2. The van der Waals surface area contributed by atoms with Gasteiger partial charge in [-0.05, 0) is 6.42 Å². The first kappa shape index (κ1) is 20.5. The summed E-state index contributed by atoms with van der Waals surface area (Å²) in [6.45, 7) is -0.808. The van der Waals surface area contributed by atoms with Crippen LogP contribution in [0.5, 0.6) is 0 Å². The Morgan fingerprint density at radius 1 is 1.30 bits per heavy atom. The van der Waals surface area contributed by atoms with Crippen LogP contribution in [0.2, 0.25) is 0 Å². The van der Waals surface area contributed by atoms with E-state index in [1.54, 1.807) is 0 Å². The minimum absolute atomic E-state index is 0.0153. The predicted octanol–water partition coefficient (Wildman–Crippen LogP) is -2.57. The molecule has 1 heterocycles. The van der Waals surface area contributed by atoms with Gasteiger partial charge in [0.25, 0.3) is 0 Å². The highest BCUT2D eigenvalue weighted by Crippen LogP contribution is 2.38. The van der Waals surface area contributed by atoms with Crippen LogP contribution >= 0.6 is 0 Å². The number of rotatable bonds is 9. The first-order valence-electron chi connectivity index (χ1n) is 8.14. The number of primary amides is 1. The van der Waals surface area contributed by atoms with Crippen LogP contribution in [0.3, 0.4) is 0 Å². The van der Waals surface area contributed by atoms with Gasteiger partial charge in [-0.1, -0.05) is 0 Å². The molecule has 13 heteroatoms. The van der Waals surface area contributed by atoms with E-state index in [1.807, 2.05) is 0 Å². The first-order chi connectivity index (χ1) is 12.6.